The normalized spacial score (nSPS) is 28.3. The summed E-state index contributed by atoms with van der Waals surface area (Å²) in [5.74, 6) is 2.31. The average molecular weight is 299 g/mol. The zero-order valence-corrected chi connectivity index (χ0v) is 12.0. The van der Waals surface area contributed by atoms with Crippen molar-refractivity contribution >= 4 is 24.0 Å². The molecule has 1 aliphatic heterocycles. The molecular formula is C14H16Cl2N2O. The highest BCUT2D eigenvalue weighted by atomic mass is 35.5. The third-order valence-corrected chi connectivity index (χ3v) is 4.29. The van der Waals surface area contributed by atoms with E-state index < -0.39 is 0 Å². The number of hydrogen-bond donors (Lipinski definition) is 1. The molecule has 1 aromatic rings. The molecule has 0 amide bonds. The van der Waals surface area contributed by atoms with Crippen molar-refractivity contribution in [3.8, 4) is 11.8 Å². The van der Waals surface area contributed by atoms with Crippen molar-refractivity contribution in [2.75, 3.05) is 13.1 Å². The fourth-order valence-electron chi connectivity index (χ4n) is 3.06. The van der Waals surface area contributed by atoms with Crippen LogP contribution in [-0.4, -0.2) is 19.2 Å². The quantitative estimate of drug-likeness (QED) is 0.913. The average Bonchev–Trinajstić information content (AvgIpc) is 2.90. The minimum atomic E-state index is 0. The zero-order valence-electron chi connectivity index (χ0n) is 10.4. The summed E-state index contributed by atoms with van der Waals surface area (Å²) in [5.41, 5.74) is 0.497. The van der Waals surface area contributed by atoms with Crippen LogP contribution in [0.4, 0.5) is 0 Å². The van der Waals surface area contributed by atoms with Gasteiger partial charge in [0.1, 0.15) is 11.8 Å². The first-order valence-corrected chi connectivity index (χ1v) is 6.71. The molecule has 1 heterocycles. The van der Waals surface area contributed by atoms with Gasteiger partial charge in [-0.15, -0.1) is 12.4 Å². The Morgan fingerprint density at radius 1 is 1.26 bits per heavy atom. The molecule has 19 heavy (non-hydrogen) atoms. The Balaban J connectivity index is 0.00000133. The van der Waals surface area contributed by atoms with Gasteiger partial charge in [-0.1, -0.05) is 11.6 Å². The number of nitrogens with one attached hydrogen (secondary N) is 1. The van der Waals surface area contributed by atoms with Gasteiger partial charge in [0.25, 0.3) is 0 Å². The molecule has 1 aromatic carbocycles. The highest BCUT2D eigenvalue weighted by Crippen LogP contribution is 2.37. The lowest BCUT2D eigenvalue weighted by Gasteiger charge is -2.15. The molecule has 2 atom stereocenters. The topological polar surface area (TPSA) is 45.0 Å². The van der Waals surface area contributed by atoms with Crippen molar-refractivity contribution in [1.82, 2.24) is 5.32 Å². The van der Waals surface area contributed by atoms with Crippen LogP contribution in [-0.2, 0) is 0 Å². The van der Waals surface area contributed by atoms with Crippen LogP contribution < -0.4 is 10.1 Å². The summed E-state index contributed by atoms with van der Waals surface area (Å²) in [4.78, 5) is 0. The van der Waals surface area contributed by atoms with Crippen LogP contribution in [0.1, 0.15) is 18.4 Å². The highest BCUT2D eigenvalue weighted by Gasteiger charge is 2.38. The van der Waals surface area contributed by atoms with Gasteiger partial charge >= 0.3 is 0 Å². The van der Waals surface area contributed by atoms with Gasteiger partial charge < -0.3 is 10.1 Å². The van der Waals surface area contributed by atoms with Crippen LogP contribution in [0.25, 0.3) is 0 Å². The van der Waals surface area contributed by atoms with E-state index in [1.165, 1.54) is 0 Å². The number of nitrogens with zero attached hydrogens (tertiary/aromatic N) is 1. The molecule has 5 heteroatoms. The number of halogens is 2. The minimum Gasteiger partial charge on any atom is -0.490 e. The highest BCUT2D eigenvalue weighted by molar-refractivity contribution is 6.31. The van der Waals surface area contributed by atoms with E-state index in [0.717, 1.165) is 43.5 Å². The summed E-state index contributed by atoms with van der Waals surface area (Å²) in [5, 5.41) is 12.7. The molecule has 0 spiro atoms. The molecule has 0 radical (unpaired) electrons. The first kappa shape index (κ1) is 14.5. The fraction of sp³-hybridized carbons (Fsp3) is 0.500. The van der Waals surface area contributed by atoms with Crippen molar-refractivity contribution < 1.29 is 4.74 Å². The summed E-state index contributed by atoms with van der Waals surface area (Å²) in [6.45, 7) is 2.25. The molecule has 1 saturated heterocycles. The standard InChI is InChI=1S/C14H15ClN2O.ClH/c15-14-5-12(2-1-9(14)6-16)18-13-3-10-7-17-8-11(10)4-13;/h1-2,5,10-11,13,17H,3-4,7-8H2;1H. The largest absolute Gasteiger partial charge is 0.490 e. The van der Waals surface area contributed by atoms with E-state index in [2.05, 4.69) is 11.4 Å². The fourth-order valence-corrected chi connectivity index (χ4v) is 3.27. The molecule has 1 aliphatic carbocycles. The summed E-state index contributed by atoms with van der Waals surface area (Å²) in [6.07, 6.45) is 2.54. The van der Waals surface area contributed by atoms with Crippen LogP contribution in [0.2, 0.25) is 5.02 Å². The minimum absolute atomic E-state index is 0. The summed E-state index contributed by atoms with van der Waals surface area (Å²) in [6, 6.07) is 7.34. The lowest BCUT2D eigenvalue weighted by Crippen LogP contribution is -2.18. The Morgan fingerprint density at radius 2 is 1.95 bits per heavy atom. The van der Waals surface area contributed by atoms with Crippen LogP contribution in [0.3, 0.4) is 0 Å². The maximum atomic E-state index is 8.82. The molecule has 2 fully saturated rings. The summed E-state index contributed by atoms with van der Waals surface area (Å²) < 4.78 is 5.97. The van der Waals surface area contributed by atoms with Crippen LogP contribution in [0.15, 0.2) is 18.2 Å². The van der Waals surface area contributed by atoms with Gasteiger partial charge in [-0.05, 0) is 49.9 Å². The van der Waals surface area contributed by atoms with Gasteiger partial charge in [0.15, 0.2) is 0 Å². The van der Waals surface area contributed by atoms with E-state index in [1.807, 2.05) is 6.07 Å². The second kappa shape index (κ2) is 6.00. The smallest absolute Gasteiger partial charge is 0.121 e. The molecule has 0 aromatic heterocycles. The lowest BCUT2D eigenvalue weighted by atomic mass is 10.0. The van der Waals surface area contributed by atoms with Gasteiger partial charge in [0.2, 0.25) is 0 Å². The number of ether oxygens (including phenoxy) is 1. The van der Waals surface area contributed by atoms with Crippen molar-refractivity contribution in [3.63, 3.8) is 0 Å². The molecule has 3 nitrogen and oxygen atoms in total. The molecular weight excluding hydrogens is 283 g/mol. The lowest BCUT2D eigenvalue weighted by molar-refractivity contribution is 0.199. The van der Waals surface area contributed by atoms with Crippen LogP contribution in [0.5, 0.6) is 5.75 Å². The van der Waals surface area contributed by atoms with E-state index in [1.54, 1.807) is 12.1 Å². The molecule has 3 rings (SSSR count). The van der Waals surface area contributed by atoms with Crippen molar-refractivity contribution in [2.24, 2.45) is 11.8 Å². The van der Waals surface area contributed by atoms with E-state index in [-0.39, 0.29) is 12.4 Å². The van der Waals surface area contributed by atoms with Gasteiger partial charge in [-0.3, -0.25) is 0 Å². The van der Waals surface area contributed by atoms with Gasteiger partial charge in [0, 0.05) is 6.07 Å². The number of hydrogen-bond acceptors (Lipinski definition) is 3. The Hall–Kier alpha value is -0.950. The zero-order chi connectivity index (χ0) is 12.5. The number of benzene rings is 1. The van der Waals surface area contributed by atoms with E-state index >= 15 is 0 Å². The molecule has 2 unspecified atom stereocenters. The monoisotopic (exact) mass is 298 g/mol. The van der Waals surface area contributed by atoms with Crippen molar-refractivity contribution in [1.29, 1.82) is 5.26 Å². The van der Waals surface area contributed by atoms with Crippen molar-refractivity contribution in [2.45, 2.75) is 18.9 Å². The predicted octanol–water partition coefficient (Wildman–Crippen LogP) is 3.01. The van der Waals surface area contributed by atoms with Gasteiger partial charge in [-0.25, -0.2) is 0 Å². The number of fused-ring (bicyclic) bond motifs is 1. The number of nitriles is 1. The third kappa shape index (κ3) is 2.97. The second-order valence-electron chi connectivity index (χ2n) is 5.14. The maximum Gasteiger partial charge on any atom is 0.121 e. The molecule has 102 valence electrons. The van der Waals surface area contributed by atoms with E-state index in [9.17, 15) is 0 Å². The first-order valence-electron chi connectivity index (χ1n) is 6.33. The Bertz CT molecular complexity index is 489. The van der Waals surface area contributed by atoms with E-state index in [4.69, 9.17) is 21.6 Å². The molecule has 2 aliphatic rings. The summed E-state index contributed by atoms with van der Waals surface area (Å²) >= 11 is 6.00. The SMILES string of the molecule is Cl.N#Cc1ccc(OC2CC3CNCC3C2)cc1Cl. The van der Waals surface area contributed by atoms with Gasteiger partial charge in [-0.2, -0.15) is 5.26 Å². The third-order valence-electron chi connectivity index (χ3n) is 3.97. The molecule has 1 saturated carbocycles. The van der Waals surface area contributed by atoms with Crippen molar-refractivity contribution in [3.05, 3.63) is 28.8 Å². The number of rotatable bonds is 2. The molecule has 0 bridgehead atoms. The second-order valence-corrected chi connectivity index (χ2v) is 5.55. The Morgan fingerprint density at radius 3 is 2.53 bits per heavy atom. The first-order chi connectivity index (χ1) is 8.76. The van der Waals surface area contributed by atoms with Gasteiger partial charge in [0.05, 0.1) is 16.7 Å². The van der Waals surface area contributed by atoms with Crippen LogP contribution >= 0.6 is 24.0 Å². The van der Waals surface area contributed by atoms with Crippen LogP contribution in [0, 0.1) is 23.2 Å². The maximum absolute atomic E-state index is 8.82. The Labute approximate surface area is 124 Å². The molecule has 1 N–H and O–H groups in total. The van der Waals surface area contributed by atoms with E-state index in [0.29, 0.717) is 16.7 Å². The predicted molar refractivity (Wildman–Crippen MR) is 76.9 cm³/mol. The Kier molecular flexibility index (Phi) is 4.57. The summed E-state index contributed by atoms with van der Waals surface area (Å²) in [7, 11) is 0.